The van der Waals surface area contributed by atoms with Crippen LogP contribution in [0.5, 0.6) is 0 Å². The topological polar surface area (TPSA) is 99.4 Å². The lowest BCUT2D eigenvalue weighted by Gasteiger charge is -2.40. The number of hydrogen-bond donors (Lipinski definition) is 4. The minimum absolute atomic E-state index is 0.352. The molecule has 1 heterocycles. The van der Waals surface area contributed by atoms with E-state index in [1.54, 1.807) is 6.07 Å². The number of halogens is 1. The van der Waals surface area contributed by atoms with Crippen LogP contribution in [0.1, 0.15) is 11.9 Å². The van der Waals surface area contributed by atoms with E-state index in [2.05, 4.69) is 0 Å². The van der Waals surface area contributed by atoms with Crippen molar-refractivity contribution >= 4 is 0 Å². The van der Waals surface area contributed by atoms with Crippen LogP contribution in [0, 0.1) is 5.82 Å². The summed E-state index contributed by atoms with van der Waals surface area (Å²) in [6.45, 7) is -1.11. The van der Waals surface area contributed by atoms with E-state index in [1.165, 1.54) is 18.2 Å². The summed E-state index contributed by atoms with van der Waals surface area (Å²) in [5, 5.41) is 37.7. The lowest BCUT2D eigenvalue weighted by molar-refractivity contribution is -0.310. The third kappa shape index (κ3) is 3.14. The quantitative estimate of drug-likeness (QED) is 0.585. The second-order valence-corrected chi connectivity index (χ2v) is 4.59. The van der Waals surface area contributed by atoms with Crippen molar-refractivity contribution in [3.8, 4) is 0 Å². The first-order chi connectivity index (χ1) is 9.56. The van der Waals surface area contributed by atoms with E-state index in [9.17, 15) is 19.7 Å². The highest BCUT2D eigenvalue weighted by Gasteiger charge is 2.42. The molecule has 1 aromatic carbocycles. The average Bonchev–Trinajstić information content (AvgIpc) is 2.46. The van der Waals surface area contributed by atoms with E-state index in [0.29, 0.717) is 5.56 Å². The van der Waals surface area contributed by atoms with Gasteiger partial charge < -0.3 is 29.9 Å². The Labute approximate surface area is 115 Å². The van der Waals surface area contributed by atoms with E-state index in [1.807, 2.05) is 0 Å². The molecule has 20 heavy (non-hydrogen) atoms. The number of hydrogen-bond acceptors (Lipinski definition) is 6. The summed E-state index contributed by atoms with van der Waals surface area (Å²) in [5.41, 5.74) is 0.352. The summed E-state index contributed by atoms with van der Waals surface area (Å²) < 4.78 is 23.9. The molecule has 1 aliphatic rings. The first-order valence-corrected chi connectivity index (χ1v) is 6.21. The molecule has 7 heteroatoms. The summed E-state index contributed by atoms with van der Waals surface area (Å²) in [6.07, 6.45) is -5.81. The van der Waals surface area contributed by atoms with Crippen molar-refractivity contribution in [3.63, 3.8) is 0 Å². The van der Waals surface area contributed by atoms with Crippen LogP contribution >= 0.6 is 0 Å². The van der Waals surface area contributed by atoms with E-state index in [0.717, 1.165) is 0 Å². The van der Waals surface area contributed by atoms with Crippen molar-refractivity contribution in [2.75, 3.05) is 13.2 Å². The van der Waals surface area contributed by atoms with Gasteiger partial charge in [0.2, 0.25) is 0 Å². The van der Waals surface area contributed by atoms with Gasteiger partial charge in [0.05, 0.1) is 13.2 Å². The van der Waals surface area contributed by atoms with Gasteiger partial charge in [-0.1, -0.05) is 12.1 Å². The molecule has 6 nitrogen and oxygen atoms in total. The predicted molar refractivity (Wildman–Crippen MR) is 65.1 cm³/mol. The fourth-order valence-electron chi connectivity index (χ4n) is 2.09. The van der Waals surface area contributed by atoms with Gasteiger partial charge in [-0.3, -0.25) is 0 Å². The van der Waals surface area contributed by atoms with Crippen molar-refractivity contribution in [3.05, 3.63) is 35.6 Å². The van der Waals surface area contributed by atoms with Gasteiger partial charge in [0.25, 0.3) is 0 Å². The van der Waals surface area contributed by atoms with E-state index < -0.39 is 49.7 Å². The molecule has 0 aliphatic carbocycles. The normalized spacial score (nSPS) is 32.0. The first-order valence-electron chi connectivity index (χ1n) is 6.21. The van der Waals surface area contributed by atoms with Crippen molar-refractivity contribution < 1.29 is 34.3 Å². The van der Waals surface area contributed by atoms with E-state index >= 15 is 0 Å². The maximum absolute atomic E-state index is 13.2. The van der Waals surface area contributed by atoms with Crippen LogP contribution in [-0.4, -0.2) is 58.1 Å². The SMILES string of the molecule is OC[C@@H](O)[C@H]1OC(c2cccc(F)c2)O[C@@H](CO)[C@H]1O. The minimum atomic E-state index is -1.33. The van der Waals surface area contributed by atoms with Crippen LogP contribution in [0.4, 0.5) is 4.39 Å². The maximum atomic E-state index is 13.2. The molecule has 0 radical (unpaired) electrons. The Balaban J connectivity index is 2.22. The zero-order valence-corrected chi connectivity index (χ0v) is 10.6. The number of rotatable bonds is 4. The Kier molecular flexibility index (Phi) is 5.03. The number of ether oxygens (including phenoxy) is 2. The third-order valence-electron chi connectivity index (χ3n) is 3.16. The Morgan fingerprint density at radius 2 is 2.00 bits per heavy atom. The van der Waals surface area contributed by atoms with Gasteiger partial charge >= 0.3 is 0 Å². The Hall–Kier alpha value is -1.09. The van der Waals surface area contributed by atoms with Gasteiger partial charge in [0.15, 0.2) is 6.29 Å². The molecule has 1 saturated heterocycles. The predicted octanol–water partition coefficient (Wildman–Crippen LogP) is -0.685. The molecule has 5 atom stereocenters. The van der Waals surface area contributed by atoms with Gasteiger partial charge in [-0.2, -0.15) is 0 Å². The summed E-state index contributed by atoms with van der Waals surface area (Å²) in [5.74, 6) is -0.486. The van der Waals surface area contributed by atoms with Crippen molar-refractivity contribution in [2.24, 2.45) is 0 Å². The van der Waals surface area contributed by atoms with Crippen LogP contribution in [-0.2, 0) is 9.47 Å². The lowest BCUT2D eigenvalue weighted by Crippen LogP contribution is -2.54. The van der Waals surface area contributed by atoms with Gasteiger partial charge in [-0.15, -0.1) is 0 Å². The summed E-state index contributed by atoms with van der Waals surface area (Å²) in [4.78, 5) is 0. The highest BCUT2D eigenvalue weighted by atomic mass is 19.1. The Morgan fingerprint density at radius 1 is 1.25 bits per heavy atom. The van der Waals surface area contributed by atoms with Crippen LogP contribution in [0.2, 0.25) is 0 Å². The molecule has 0 spiro atoms. The molecule has 4 N–H and O–H groups in total. The lowest BCUT2D eigenvalue weighted by atomic mass is 10.0. The number of aliphatic hydroxyl groups excluding tert-OH is 4. The number of aliphatic hydroxyl groups is 4. The fourth-order valence-corrected chi connectivity index (χ4v) is 2.09. The highest BCUT2D eigenvalue weighted by Crippen LogP contribution is 2.31. The van der Waals surface area contributed by atoms with Crippen LogP contribution in [0.15, 0.2) is 24.3 Å². The molecule has 1 fully saturated rings. The number of benzene rings is 1. The zero-order chi connectivity index (χ0) is 14.7. The third-order valence-corrected chi connectivity index (χ3v) is 3.16. The Morgan fingerprint density at radius 3 is 2.60 bits per heavy atom. The fraction of sp³-hybridized carbons (Fsp3) is 0.538. The molecular formula is C13H17FO6. The molecule has 1 unspecified atom stereocenters. The summed E-state index contributed by atoms with van der Waals surface area (Å²) in [7, 11) is 0. The summed E-state index contributed by atoms with van der Waals surface area (Å²) in [6, 6.07) is 5.47. The average molecular weight is 288 g/mol. The van der Waals surface area contributed by atoms with Crippen molar-refractivity contribution in [1.82, 2.24) is 0 Å². The highest BCUT2D eigenvalue weighted by molar-refractivity contribution is 5.18. The zero-order valence-electron chi connectivity index (χ0n) is 10.6. The second kappa shape index (κ2) is 6.57. The van der Waals surface area contributed by atoms with Crippen LogP contribution < -0.4 is 0 Å². The monoisotopic (exact) mass is 288 g/mol. The smallest absolute Gasteiger partial charge is 0.185 e. The van der Waals surface area contributed by atoms with E-state index in [-0.39, 0.29) is 0 Å². The molecule has 1 aliphatic heterocycles. The molecule has 1 aromatic rings. The van der Waals surface area contributed by atoms with Gasteiger partial charge in [0, 0.05) is 5.56 Å². The second-order valence-electron chi connectivity index (χ2n) is 4.59. The van der Waals surface area contributed by atoms with Gasteiger partial charge in [-0.25, -0.2) is 4.39 Å². The molecule has 2 rings (SSSR count). The van der Waals surface area contributed by atoms with E-state index in [4.69, 9.17) is 14.6 Å². The molecule has 0 bridgehead atoms. The molecule has 0 amide bonds. The molecule has 112 valence electrons. The van der Waals surface area contributed by atoms with Crippen LogP contribution in [0.3, 0.4) is 0 Å². The van der Waals surface area contributed by atoms with Crippen molar-refractivity contribution in [2.45, 2.75) is 30.7 Å². The Bertz CT molecular complexity index is 443. The molecule has 0 saturated carbocycles. The van der Waals surface area contributed by atoms with Crippen LogP contribution in [0.25, 0.3) is 0 Å². The minimum Gasteiger partial charge on any atom is -0.394 e. The standard InChI is InChI=1S/C13H17FO6/c14-8-3-1-2-7(4-8)13-19-10(6-16)11(18)12(20-13)9(17)5-15/h1-4,9-13,15-18H,5-6H2/t9-,10+,11-,12-,13?/m1/s1. The first kappa shape index (κ1) is 15.3. The van der Waals surface area contributed by atoms with Gasteiger partial charge in [-0.05, 0) is 12.1 Å². The molecule has 0 aromatic heterocycles. The summed E-state index contributed by atoms with van der Waals surface area (Å²) >= 11 is 0. The van der Waals surface area contributed by atoms with Crippen molar-refractivity contribution in [1.29, 1.82) is 0 Å². The maximum Gasteiger partial charge on any atom is 0.185 e. The largest absolute Gasteiger partial charge is 0.394 e. The van der Waals surface area contributed by atoms with Gasteiger partial charge in [0.1, 0.15) is 30.2 Å². The molecular weight excluding hydrogens is 271 g/mol.